The first kappa shape index (κ1) is 20.1. The van der Waals surface area contributed by atoms with Gasteiger partial charge < -0.3 is 5.32 Å². The van der Waals surface area contributed by atoms with E-state index in [4.69, 9.17) is 0 Å². The van der Waals surface area contributed by atoms with Crippen LogP contribution in [0.4, 0.5) is 8.78 Å². The van der Waals surface area contributed by atoms with Crippen LogP contribution in [0.3, 0.4) is 0 Å². The standard InChI is InChI=1S/C21H26F2N2OS/c1-14-12-16(8-9-18(14)21(2,22)23)17(13-15-6-3-4-7-15)19(26)25-20-24-10-5-11-27-20/h5,8-10,12,15,17H,3-4,6-7,11,13H2,1-2H3,(H,24,25,26). The second kappa shape index (κ2) is 8.55. The molecule has 1 aliphatic heterocycles. The largest absolute Gasteiger partial charge is 0.305 e. The highest BCUT2D eigenvalue weighted by atomic mass is 32.2. The van der Waals surface area contributed by atoms with E-state index in [9.17, 15) is 13.6 Å². The Morgan fingerprint density at radius 1 is 1.37 bits per heavy atom. The number of nitrogens with zero attached hydrogens (tertiary/aromatic N) is 1. The second-order valence-electron chi connectivity index (χ2n) is 7.52. The molecule has 146 valence electrons. The van der Waals surface area contributed by atoms with Crippen LogP contribution in [-0.2, 0) is 10.7 Å². The van der Waals surface area contributed by atoms with Crippen LogP contribution in [0.5, 0.6) is 0 Å². The zero-order valence-corrected chi connectivity index (χ0v) is 16.6. The minimum absolute atomic E-state index is 0.0172. The highest BCUT2D eigenvalue weighted by Crippen LogP contribution is 2.36. The van der Waals surface area contributed by atoms with E-state index in [1.54, 1.807) is 25.3 Å². The molecule has 1 fully saturated rings. The van der Waals surface area contributed by atoms with Crippen LogP contribution in [0.25, 0.3) is 0 Å². The number of hydrogen-bond acceptors (Lipinski definition) is 3. The number of nitrogens with one attached hydrogen (secondary N) is 1. The van der Waals surface area contributed by atoms with Gasteiger partial charge in [-0.25, -0.2) is 13.8 Å². The monoisotopic (exact) mass is 392 g/mol. The fraction of sp³-hybridized carbons (Fsp3) is 0.524. The van der Waals surface area contributed by atoms with Crippen molar-refractivity contribution >= 4 is 22.8 Å². The minimum atomic E-state index is -2.88. The Kier molecular flexibility index (Phi) is 6.35. The van der Waals surface area contributed by atoms with Crippen molar-refractivity contribution < 1.29 is 13.6 Å². The third kappa shape index (κ3) is 5.18. The molecule has 1 aromatic rings. The Balaban J connectivity index is 1.84. The number of alkyl halides is 2. The molecular weight excluding hydrogens is 366 g/mol. The maximum atomic E-state index is 13.7. The molecule has 0 radical (unpaired) electrons. The number of amidine groups is 1. The molecule has 2 aliphatic rings. The van der Waals surface area contributed by atoms with Gasteiger partial charge in [-0.3, -0.25) is 4.79 Å². The number of carbonyl (C=O) groups excluding carboxylic acids is 1. The van der Waals surface area contributed by atoms with Gasteiger partial charge in [-0.2, -0.15) is 0 Å². The van der Waals surface area contributed by atoms with E-state index in [0.717, 1.165) is 37.5 Å². The van der Waals surface area contributed by atoms with Crippen molar-refractivity contribution in [3.63, 3.8) is 0 Å². The van der Waals surface area contributed by atoms with Crippen molar-refractivity contribution in [2.45, 2.75) is 57.8 Å². The Morgan fingerprint density at radius 3 is 2.70 bits per heavy atom. The number of amides is 1. The Morgan fingerprint density at radius 2 is 2.11 bits per heavy atom. The summed E-state index contributed by atoms with van der Waals surface area (Å²) in [6.45, 7) is 2.59. The van der Waals surface area contributed by atoms with Crippen molar-refractivity contribution in [1.29, 1.82) is 0 Å². The maximum absolute atomic E-state index is 13.7. The summed E-state index contributed by atoms with van der Waals surface area (Å²) in [5.74, 6) is -2.04. The number of aliphatic imine (C=N–C) groups is 1. The van der Waals surface area contributed by atoms with Crippen molar-refractivity contribution in [3.05, 3.63) is 47.2 Å². The predicted octanol–water partition coefficient (Wildman–Crippen LogP) is 5.50. The number of rotatable bonds is 5. The lowest BCUT2D eigenvalue weighted by Gasteiger charge is -2.23. The topological polar surface area (TPSA) is 41.5 Å². The number of halogens is 2. The van der Waals surface area contributed by atoms with Gasteiger partial charge in [0.2, 0.25) is 5.91 Å². The number of carbonyl (C=O) groups is 1. The molecule has 3 nitrogen and oxygen atoms in total. The molecule has 1 atom stereocenters. The van der Waals surface area contributed by atoms with Gasteiger partial charge >= 0.3 is 0 Å². The van der Waals surface area contributed by atoms with Gasteiger partial charge in [-0.1, -0.05) is 61.7 Å². The van der Waals surface area contributed by atoms with Crippen molar-refractivity contribution in [3.8, 4) is 0 Å². The van der Waals surface area contributed by atoms with E-state index < -0.39 is 5.92 Å². The number of benzene rings is 1. The van der Waals surface area contributed by atoms with Gasteiger partial charge in [-0.15, -0.1) is 0 Å². The summed E-state index contributed by atoms with van der Waals surface area (Å²) in [7, 11) is 0. The molecule has 1 N–H and O–H groups in total. The third-order valence-corrected chi connectivity index (χ3v) is 6.17. The van der Waals surface area contributed by atoms with Crippen LogP contribution in [0, 0.1) is 12.8 Å². The Hall–Kier alpha value is -1.69. The molecule has 0 aromatic heterocycles. The van der Waals surface area contributed by atoms with Gasteiger partial charge in [0.1, 0.15) is 0 Å². The molecule has 1 amide bonds. The average molecular weight is 393 g/mol. The van der Waals surface area contributed by atoms with Crippen LogP contribution < -0.4 is 5.32 Å². The molecule has 0 bridgehead atoms. The highest BCUT2D eigenvalue weighted by Gasteiger charge is 2.30. The summed E-state index contributed by atoms with van der Waals surface area (Å²) in [5.41, 5.74) is 1.35. The van der Waals surface area contributed by atoms with Crippen LogP contribution in [0.1, 0.15) is 61.6 Å². The van der Waals surface area contributed by atoms with E-state index in [2.05, 4.69) is 10.3 Å². The lowest BCUT2D eigenvalue weighted by atomic mass is 9.85. The van der Waals surface area contributed by atoms with Gasteiger partial charge in [-0.05, 0) is 30.4 Å². The molecule has 0 spiro atoms. The Bertz CT molecular complexity index is 749. The number of thioether (sulfide) groups is 1. The summed E-state index contributed by atoms with van der Waals surface area (Å²) in [6.07, 6.45) is 9.04. The first-order valence-corrected chi connectivity index (χ1v) is 10.5. The summed E-state index contributed by atoms with van der Waals surface area (Å²) in [6, 6.07) is 4.91. The molecule has 0 saturated heterocycles. The van der Waals surface area contributed by atoms with Crippen LogP contribution in [0.15, 0.2) is 35.5 Å². The van der Waals surface area contributed by atoms with Crippen LogP contribution in [0.2, 0.25) is 0 Å². The molecule has 1 saturated carbocycles. The minimum Gasteiger partial charge on any atom is -0.305 e. The normalized spacial score (nSPS) is 19.0. The zero-order chi connectivity index (χ0) is 19.4. The first-order chi connectivity index (χ1) is 12.8. The maximum Gasteiger partial charge on any atom is 0.270 e. The summed E-state index contributed by atoms with van der Waals surface area (Å²) < 4.78 is 27.5. The molecule has 1 aliphatic carbocycles. The fourth-order valence-electron chi connectivity index (χ4n) is 3.96. The van der Waals surface area contributed by atoms with Crippen LogP contribution >= 0.6 is 11.8 Å². The smallest absolute Gasteiger partial charge is 0.270 e. The van der Waals surface area contributed by atoms with Gasteiger partial charge in [0.05, 0.1) is 5.92 Å². The number of aryl methyl sites for hydroxylation is 1. The predicted molar refractivity (Wildman–Crippen MR) is 107 cm³/mol. The fourth-order valence-corrected chi connectivity index (χ4v) is 4.61. The van der Waals surface area contributed by atoms with Crippen molar-refractivity contribution in [2.75, 3.05) is 5.75 Å². The molecule has 3 rings (SSSR count). The van der Waals surface area contributed by atoms with Gasteiger partial charge in [0.15, 0.2) is 5.17 Å². The quantitative estimate of drug-likeness (QED) is 0.718. The molecule has 1 unspecified atom stereocenters. The van der Waals surface area contributed by atoms with Crippen LogP contribution in [-0.4, -0.2) is 16.8 Å². The second-order valence-corrected chi connectivity index (χ2v) is 8.53. The molecule has 27 heavy (non-hydrogen) atoms. The Labute approximate surface area is 163 Å². The highest BCUT2D eigenvalue weighted by molar-refractivity contribution is 8.14. The number of hydrogen-bond donors (Lipinski definition) is 1. The van der Waals surface area contributed by atoms with E-state index >= 15 is 0 Å². The summed E-state index contributed by atoms with van der Waals surface area (Å²) >= 11 is 1.49. The zero-order valence-electron chi connectivity index (χ0n) is 15.8. The average Bonchev–Trinajstić information content (AvgIpc) is 3.12. The van der Waals surface area contributed by atoms with E-state index in [-0.39, 0.29) is 17.4 Å². The summed E-state index contributed by atoms with van der Waals surface area (Å²) in [4.78, 5) is 17.2. The van der Waals surface area contributed by atoms with Crippen molar-refractivity contribution in [2.24, 2.45) is 10.9 Å². The SMILES string of the molecule is Cc1cc(C(CC2CCCC2)C(=O)NC2=NC=CCS2)ccc1C(C)(F)F. The lowest BCUT2D eigenvalue weighted by molar-refractivity contribution is -0.121. The lowest BCUT2D eigenvalue weighted by Crippen LogP contribution is -2.34. The van der Waals surface area contributed by atoms with E-state index in [1.165, 1.54) is 30.7 Å². The molecular formula is C21H26F2N2OS. The van der Waals surface area contributed by atoms with Gasteiger partial charge in [0, 0.05) is 24.4 Å². The molecule has 6 heteroatoms. The molecule has 1 heterocycles. The van der Waals surface area contributed by atoms with Crippen molar-refractivity contribution in [1.82, 2.24) is 5.32 Å². The molecule has 1 aromatic carbocycles. The third-order valence-electron chi connectivity index (χ3n) is 5.33. The first-order valence-electron chi connectivity index (χ1n) is 9.50. The van der Waals surface area contributed by atoms with E-state index in [1.807, 2.05) is 6.08 Å². The van der Waals surface area contributed by atoms with Gasteiger partial charge in [0.25, 0.3) is 5.92 Å². The van der Waals surface area contributed by atoms with E-state index in [0.29, 0.717) is 16.6 Å². The summed E-state index contributed by atoms with van der Waals surface area (Å²) in [5, 5.41) is 3.53.